The van der Waals surface area contributed by atoms with Crippen LogP contribution >= 0.6 is 0 Å². The highest BCUT2D eigenvalue weighted by Gasteiger charge is 2.16. The molecule has 1 aromatic heterocycles. The van der Waals surface area contributed by atoms with Crippen LogP contribution in [-0.4, -0.2) is 24.3 Å². The van der Waals surface area contributed by atoms with E-state index in [4.69, 9.17) is 0 Å². The van der Waals surface area contributed by atoms with Crippen molar-refractivity contribution in [3.8, 4) is 0 Å². The van der Waals surface area contributed by atoms with Gasteiger partial charge in [-0.1, -0.05) is 42.5 Å². The maximum atomic E-state index is 12.6. The first-order valence-corrected chi connectivity index (χ1v) is 10.8. The molecular formula is C22H20N4O3S. The Kier molecular flexibility index (Phi) is 5.60. The molecule has 0 aliphatic rings. The van der Waals surface area contributed by atoms with Crippen LogP contribution in [0.1, 0.15) is 21.7 Å². The quantitative estimate of drug-likeness (QED) is 0.428. The summed E-state index contributed by atoms with van der Waals surface area (Å²) < 4.78 is 27.6. The van der Waals surface area contributed by atoms with Crippen molar-refractivity contribution >= 4 is 27.0 Å². The highest BCUT2D eigenvalue weighted by Crippen LogP contribution is 2.13. The molecule has 152 valence electrons. The first-order valence-electron chi connectivity index (χ1n) is 9.37. The molecule has 0 atom stereocenters. The Morgan fingerprint density at radius 3 is 2.30 bits per heavy atom. The van der Waals surface area contributed by atoms with Crippen molar-refractivity contribution in [3.63, 3.8) is 0 Å². The van der Waals surface area contributed by atoms with Crippen LogP contribution in [0.15, 0.2) is 83.8 Å². The molecule has 4 aromatic rings. The number of amides is 1. The second-order valence-corrected chi connectivity index (χ2v) is 8.48. The molecule has 0 spiro atoms. The number of H-pyrrole nitrogens is 1. The molecule has 4 rings (SSSR count). The topological polar surface area (TPSA) is 104 Å². The van der Waals surface area contributed by atoms with Crippen LogP contribution in [0.4, 0.5) is 0 Å². The molecule has 8 heteroatoms. The second-order valence-electron chi connectivity index (χ2n) is 6.72. The first-order chi connectivity index (χ1) is 14.5. The van der Waals surface area contributed by atoms with Gasteiger partial charge < -0.3 is 10.3 Å². The van der Waals surface area contributed by atoms with Gasteiger partial charge in [-0.2, -0.15) is 0 Å². The Balaban J connectivity index is 1.38. The first kappa shape index (κ1) is 19.8. The van der Waals surface area contributed by atoms with Crippen LogP contribution < -0.4 is 10.0 Å². The lowest BCUT2D eigenvalue weighted by Gasteiger charge is -2.08. The van der Waals surface area contributed by atoms with Crippen LogP contribution in [0, 0.1) is 0 Å². The van der Waals surface area contributed by atoms with Crippen LogP contribution in [0.25, 0.3) is 11.0 Å². The maximum Gasteiger partial charge on any atom is 0.251 e. The fourth-order valence-corrected chi connectivity index (χ4v) is 3.99. The molecule has 7 nitrogen and oxygen atoms in total. The highest BCUT2D eigenvalue weighted by molar-refractivity contribution is 7.89. The minimum absolute atomic E-state index is 0.0380. The number of carbonyl (C=O) groups excluding carboxylic acids is 1. The maximum absolute atomic E-state index is 12.6. The SMILES string of the molecule is O=C(NCc1ccccc1)c1ccc(S(=O)(=O)NCc2nc3ccccc3[nH]2)cc1. The Bertz CT molecular complexity index is 1230. The number of fused-ring (bicyclic) bond motifs is 1. The standard InChI is InChI=1S/C22H20N4O3S/c27-22(23-14-16-6-2-1-3-7-16)17-10-12-18(13-11-17)30(28,29)24-15-21-25-19-8-4-5-9-20(19)26-21/h1-13,24H,14-15H2,(H,23,27)(H,25,26). The van der Waals surface area contributed by atoms with Crippen LogP contribution in [-0.2, 0) is 23.1 Å². The van der Waals surface area contributed by atoms with E-state index in [0.717, 1.165) is 16.6 Å². The number of aromatic amines is 1. The van der Waals surface area contributed by atoms with Gasteiger partial charge in [-0.25, -0.2) is 18.1 Å². The van der Waals surface area contributed by atoms with Crippen molar-refractivity contribution in [1.29, 1.82) is 0 Å². The van der Waals surface area contributed by atoms with Crippen molar-refractivity contribution in [1.82, 2.24) is 20.0 Å². The van der Waals surface area contributed by atoms with E-state index in [-0.39, 0.29) is 17.3 Å². The lowest BCUT2D eigenvalue weighted by molar-refractivity contribution is 0.0951. The number of aromatic nitrogens is 2. The van der Waals surface area contributed by atoms with Crippen molar-refractivity contribution < 1.29 is 13.2 Å². The zero-order valence-corrected chi connectivity index (χ0v) is 16.8. The predicted octanol–water partition coefficient (Wildman–Crippen LogP) is 2.97. The molecular weight excluding hydrogens is 400 g/mol. The second kappa shape index (κ2) is 8.48. The van der Waals surface area contributed by atoms with E-state index in [0.29, 0.717) is 17.9 Å². The van der Waals surface area contributed by atoms with Gasteiger partial charge in [0.15, 0.2) is 0 Å². The van der Waals surface area contributed by atoms with Gasteiger partial charge in [0.1, 0.15) is 5.82 Å². The summed E-state index contributed by atoms with van der Waals surface area (Å²) in [5.41, 5.74) is 3.00. The average Bonchev–Trinajstić information content (AvgIpc) is 3.20. The summed E-state index contributed by atoms with van der Waals surface area (Å²) in [4.78, 5) is 19.8. The largest absolute Gasteiger partial charge is 0.348 e. The van der Waals surface area contributed by atoms with E-state index in [1.165, 1.54) is 24.3 Å². The van der Waals surface area contributed by atoms with E-state index in [1.54, 1.807) is 0 Å². The van der Waals surface area contributed by atoms with Crippen molar-refractivity contribution in [2.24, 2.45) is 0 Å². The van der Waals surface area contributed by atoms with Gasteiger partial charge in [0.05, 0.1) is 22.5 Å². The smallest absolute Gasteiger partial charge is 0.251 e. The number of para-hydroxylation sites is 2. The fraction of sp³-hybridized carbons (Fsp3) is 0.0909. The Hall–Kier alpha value is -3.49. The zero-order chi connectivity index (χ0) is 21.0. The van der Waals surface area contributed by atoms with Gasteiger partial charge >= 0.3 is 0 Å². The summed E-state index contributed by atoms with van der Waals surface area (Å²) in [5.74, 6) is 0.259. The monoisotopic (exact) mass is 420 g/mol. The van der Waals surface area contributed by atoms with E-state index in [9.17, 15) is 13.2 Å². The van der Waals surface area contributed by atoms with Crippen LogP contribution in [0.5, 0.6) is 0 Å². The summed E-state index contributed by atoms with van der Waals surface area (Å²) in [6, 6.07) is 22.9. The summed E-state index contributed by atoms with van der Waals surface area (Å²) in [5, 5.41) is 2.82. The number of imidazole rings is 1. The summed E-state index contributed by atoms with van der Waals surface area (Å²) >= 11 is 0. The third-order valence-corrected chi connectivity index (χ3v) is 6.01. The van der Waals surface area contributed by atoms with Gasteiger partial charge in [-0.3, -0.25) is 4.79 Å². The molecule has 30 heavy (non-hydrogen) atoms. The van der Waals surface area contributed by atoms with Crippen LogP contribution in [0.2, 0.25) is 0 Å². The lowest BCUT2D eigenvalue weighted by atomic mass is 10.2. The number of sulfonamides is 1. The number of nitrogens with one attached hydrogen (secondary N) is 3. The van der Waals surface area contributed by atoms with E-state index >= 15 is 0 Å². The molecule has 1 heterocycles. The number of rotatable bonds is 7. The lowest BCUT2D eigenvalue weighted by Crippen LogP contribution is -2.25. The molecule has 3 aromatic carbocycles. The molecule has 0 saturated carbocycles. The third-order valence-electron chi connectivity index (χ3n) is 4.59. The highest BCUT2D eigenvalue weighted by atomic mass is 32.2. The van der Waals surface area contributed by atoms with Gasteiger partial charge in [0.2, 0.25) is 10.0 Å². The summed E-state index contributed by atoms with van der Waals surface area (Å²) in [6.07, 6.45) is 0. The van der Waals surface area contributed by atoms with Gasteiger partial charge in [-0.15, -0.1) is 0 Å². The Morgan fingerprint density at radius 1 is 0.867 bits per heavy atom. The Labute approximate surface area is 174 Å². The molecule has 0 fully saturated rings. The van der Waals surface area contributed by atoms with Crippen LogP contribution in [0.3, 0.4) is 0 Å². The molecule has 0 saturated heterocycles. The van der Waals surface area contributed by atoms with Crippen molar-refractivity contribution in [2.75, 3.05) is 0 Å². The number of hydrogen-bond acceptors (Lipinski definition) is 4. The minimum atomic E-state index is -3.74. The molecule has 0 aliphatic heterocycles. The molecule has 0 unspecified atom stereocenters. The number of hydrogen-bond donors (Lipinski definition) is 3. The molecule has 3 N–H and O–H groups in total. The molecule has 0 radical (unpaired) electrons. The normalized spacial score (nSPS) is 11.5. The predicted molar refractivity (Wildman–Crippen MR) is 114 cm³/mol. The molecule has 1 amide bonds. The minimum Gasteiger partial charge on any atom is -0.348 e. The zero-order valence-electron chi connectivity index (χ0n) is 16.0. The van der Waals surface area contributed by atoms with Crippen molar-refractivity contribution in [3.05, 3.63) is 95.8 Å². The van der Waals surface area contributed by atoms with E-state index < -0.39 is 10.0 Å². The molecule has 0 aliphatic carbocycles. The van der Waals surface area contributed by atoms with Crippen molar-refractivity contribution in [2.45, 2.75) is 18.0 Å². The van der Waals surface area contributed by atoms with Gasteiger partial charge in [0.25, 0.3) is 5.91 Å². The van der Waals surface area contributed by atoms with E-state index in [2.05, 4.69) is 20.0 Å². The van der Waals surface area contributed by atoms with E-state index in [1.807, 2.05) is 54.6 Å². The average molecular weight is 420 g/mol. The third kappa shape index (κ3) is 4.56. The van der Waals surface area contributed by atoms with Gasteiger partial charge in [-0.05, 0) is 42.0 Å². The number of nitrogens with zero attached hydrogens (tertiary/aromatic N) is 1. The molecule has 0 bridgehead atoms. The summed E-state index contributed by atoms with van der Waals surface area (Å²) in [6.45, 7) is 0.440. The number of carbonyl (C=O) groups is 1. The fourth-order valence-electron chi connectivity index (χ4n) is 3.00. The number of benzene rings is 3. The summed E-state index contributed by atoms with van der Waals surface area (Å²) in [7, 11) is -3.74. The van der Waals surface area contributed by atoms with Gasteiger partial charge in [0, 0.05) is 12.1 Å². The Morgan fingerprint density at radius 2 is 1.57 bits per heavy atom.